The van der Waals surface area contributed by atoms with Crippen molar-refractivity contribution in [2.75, 3.05) is 20.2 Å². The molecule has 3 nitrogen and oxygen atoms in total. The number of hydroxylamine groups is 1. The van der Waals surface area contributed by atoms with Crippen LogP contribution in [0, 0.1) is 0 Å². The van der Waals surface area contributed by atoms with Gasteiger partial charge in [-0.2, -0.15) is 0 Å². The van der Waals surface area contributed by atoms with Crippen LogP contribution in [0.25, 0.3) is 0 Å². The molecule has 2 N–H and O–H groups in total. The third-order valence-corrected chi connectivity index (χ3v) is 1.87. The summed E-state index contributed by atoms with van der Waals surface area (Å²) in [7, 11) is 1.63. The summed E-state index contributed by atoms with van der Waals surface area (Å²) in [6.07, 6.45) is 5.35. The topological polar surface area (TPSA) is 33.3 Å². The highest BCUT2D eigenvalue weighted by Gasteiger charge is 2.06. The van der Waals surface area contributed by atoms with Gasteiger partial charge in [0, 0.05) is 6.54 Å². The average Bonchev–Trinajstić information content (AvgIpc) is 2.15. The molecule has 0 amide bonds. The highest BCUT2D eigenvalue weighted by molar-refractivity contribution is 5.30. The van der Waals surface area contributed by atoms with E-state index in [0.717, 1.165) is 25.2 Å². The molecule has 12 heavy (non-hydrogen) atoms. The number of nitrogens with one attached hydrogen (secondary N) is 2. The number of hydrogen-bond acceptors (Lipinski definition) is 3. The molecule has 3 heteroatoms. The van der Waals surface area contributed by atoms with Crippen molar-refractivity contribution in [3.8, 4) is 0 Å². The molecule has 0 saturated carbocycles. The molecule has 68 valence electrons. The SMILES string of the molecule is CC=C(NOC)C1=CCCNC1. The highest BCUT2D eigenvalue weighted by atomic mass is 16.6. The van der Waals surface area contributed by atoms with Crippen LogP contribution in [0.15, 0.2) is 23.4 Å². The maximum absolute atomic E-state index is 4.86. The van der Waals surface area contributed by atoms with Gasteiger partial charge in [0.25, 0.3) is 0 Å². The van der Waals surface area contributed by atoms with E-state index in [9.17, 15) is 0 Å². The fourth-order valence-electron chi connectivity index (χ4n) is 1.27. The van der Waals surface area contributed by atoms with Crippen molar-refractivity contribution in [1.29, 1.82) is 0 Å². The Balaban J connectivity index is 2.58. The molecule has 1 aliphatic rings. The first-order valence-corrected chi connectivity index (χ1v) is 4.24. The summed E-state index contributed by atoms with van der Waals surface area (Å²) in [4.78, 5) is 4.86. The molecule has 0 aromatic heterocycles. The summed E-state index contributed by atoms with van der Waals surface area (Å²) >= 11 is 0. The summed E-state index contributed by atoms with van der Waals surface area (Å²) in [5, 5.41) is 3.30. The van der Waals surface area contributed by atoms with Crippen molar-refractivity contribution in [3.63, 3.8) is 0 Å². The van der Waals surface area contributed by atoms with E-state index in [1.165, 1.54) is 5.57 Å². The molecule has 0 bridgehead atoms. The summed E-state index contributed by atoms with van der Waals surface area (Å²) < 4.78 is 0. The molecule has 0 spiro atoms. The van der Waals surface area contributed by atoms with Crippen molar-refractivity contribution >= 4 is 0 Å². The molecule has 0 fully saturated rings. The van der Waals surface area contributed by atoms with Crippen molar-refractivity contribution in [2.24, 2.45) is 0 Å². The Bertz CT molecular complexity index is 197. The molecule has 0 unspecified atom stereocenters. The summed E-state index contributed by atoms with van der Waals surface area (Å²) in [5.74, 6) is 0. The quantitative estimate of drug-likeness (QED) is 0.616. The average molecular weight is 168 g/mol. The van der Waals surface area contributed by atoms with Gasteiger partial charge in [-0.1, -0.05) is 12.2 Å². The molecule has 0 atom stereocenters. The van der Waals surface area contributed by atoms with E-state index >= 15 is 0 Å². The van der Waals surface area contributed by atoms with Gasteiger partial charge >= 0.3 is 0 Å². The van der Waals surface area contributed by atoms with Crippen LogP contribution in [-0.4, -0.2) is 20.2 Å². The summed E-state index contributed by atoms with van der Waals surface area (Å²) in [5.41, 5.74) is 5.20. The molecule has 0 aromatic rings. The zero-order valence-electron chi connectivity index (χ0n) is 7.68. The zero-order chi connectivity index (χ0) is 8.81. The van der Waals surface area contributed by atoms with Gasteiger partial charge in [-0.15, -0.1) is 0 Å². The standard InChI is InChI=1S/C9H16N2O/c1-3-9(11-12-2)8-5-4-6-10-7-8/h3,5,10-11H,4,6-7H2,1-2H3. The fourth-order valence-corrected chi connectivity index (χ4v) is 1.27. The van der Waals surface area contributed by atoms with E-state index in [0.29, 0.717) is 0 Å². The van der Waals surface area contributed by atoms with Crippen molar-refractivity contribution in [2.45, 2.75) is 13.3 Å². The van der Waals surface area contributed by atoms with E-state index < -0.39 is 0 Å². The summed E-state index contributed by atoms with van der Waals surface area (Å²) in [6, 6.07) is 0. The van der Waals surface area contributed by atoms with Gasteiger partial charge in [0.15, 0.2) is 0 Å². The number of hydrogen-bond donors (Lipinski definition) is 2. The molecular weight excluding hydrogens is 152 g/mol. The van der Waals surface area contributed by atoms with Crippen LogP contribution >= 0.6 is 0 Å². The van der Waals surface area contributed by atoms with E-state index in [-0.39, 0.29) is 0 Å². The largest absolute Gasteiger partial charge is 0.312 e. The molecule has 1 aliphatic heterocycles. The smallest absolute Gasteiger partial charge is 0.0636 e. The lowest BCUT2D eigenvalue weighted by Gasteiger charge is -2.17. The Labute approximate surface area is 73.4 Å². The van der Waals surface area contributed by atoms with Crippen LogP contribution in [0.4, 0.5) is 0 Å². The van der Waals surface area contributed by atoms with Crippen LogP contribution in [0.1, 0.15) is 13.3 Å². The van der Waals surface area contributed by atoms with Gasteiger partial charge in [0.2, 0.25) is 0 Å². The lowest BCUT2D eigenvalue weighted by atomic mass is 10.1. The summed E-state index contributed by atoms with van der Waals surface area (Å²) in [6.45, 7) is 4.00. The van der Waals surface area contributed by atoms with Crippen molar-refractivity contribution < 1.29 is 4.84 Å². The second-order valence-corrected chi connectivity index (χ2v) is 2.70. The van der Waals surface area contributed by atoms with Gasteiger partial charge in [-0.3, -0.25) is 10.3 Å². The number of allylic oxidation sites excluding steroid dienone is 1. The molecule has 0 saturated heterocycles. The van der Waals surface area contributed by atoms with Crippen LogP contribution < -0.4 is 10.8 Å². The monoisotopic (exact) mass is 168 g/mol. The second kappa shape index (κ2) is 4.95. The van der Waals surface area contributed by atoms with Crippen LogP contribution in [0.2, 0.25) is 0 Å². The van der Waals surface area contributed by atoms with E-state index in [1.807, 2.05) is 13.0 Å². The molecule has 0 aliphatic carbocycles. The lowest BCUT2D eigenvalue weighted by molar-refractivity contribution is 0.119. The predicted molar refractivity (Wildman–Crippen MR) is 49.5 cm³/mol. The minimum atomic E-state index is 0.927. The fraction of sp³-hybridized carbons (Fsp3) is 0.556. The second-order valence-electron chi connectivity index (χ2n) is 2.70. The van der Waals surface area contributed by atoms with Gasteiger partial charge < -0.3 is 5.32 Å². The van der Waals surface area contributed by atoms with Gasteiger partial charge in [-0.05, 0) is 25.5 Å². The number of rotatable bonds is 3. The van der Waals surface area contributed by atoms with Crippen molar-refractivity contribution in [3.05, 3.63) is 23.4 Å². The van der Waals surface area contributed by atoms with E-state index in [2.05, 4.69) is 16.9 Å². The Hall–Kier alpha value is -0.800. The molecule has 1 rings (SSSR count). The first-order valence-electron chi connectivity index (χ1n) is 4.24. The molecule has 0 radical (unpaired) electrons. The van der Waals surface area contributed by atoms with E-state index in [4.69, 9.17) is 4.84 Å². The Morgan fingerprint density at radius 3 is 3.08 bits per heavy atom. The lowest BCUT2D eigenvalue weighted by Crippen LogP contribution is -2.26. The Morgan fingerprint density at radius 1 is 1.75 bits per heavy atom. The molecule has 0 aromatic carbocycles. The minimum Gasteiger partial charge on any atom is -0.312 e. The normalized spacial score (nSPS) is 18.8. The van der Waals surface area contributed by atoms with Gasteiger partial charge in [0.1, 0.15) is 0 Å². The third-order valence-electron chi connectivity index (χ3n) is 1.87. The van der Waals surface area contributed by atoms with Crippen LogP contribution in [0.5, 0.6) is 0 Å². The van der Waals surface area contributed by atoms with Gasteiger partial charge in [0.05, 0.1) is 12.8 Å². The van der Waals surface area contributed by atoms with E-state index in [1.54, 1.807) is 7.11 Å². The zero-order valence-corrected chi connectivity index (χ0v) is 7.68. The molecular formula is C9H16N2O. The van der Waals surface area contributed by atoms with Crippen LogP contribution in [0.3, 0.4) is 0 Å². The first kappa shape index (κ1) is 9.29. The third kappa shape index (κ3) is 2.36. The predicted octanol–water partition coefficient (Wildman–Crippen LogP) is 0.961. The Kier molecular flexibility index (Phi) is 3.84. The van der Waals surface area contributed by atoms with Crippen molar-refractivity contribution in [1.82, 2.24) is 10.8 Å². The maximum atomic E-state index is 4.86. The van der Waals surface area contributed by atoms with Gasteiger partial charge in [-0.25, -0.2) is 0 Å². The Morgan fingerprint density at radius 2 is 2.58 bits per heavy atom. The van der Waals surface area contributed by atoms with Crippen LogP contribution in [-0.2, 0) is 4.84 Å². The minimum absolute atomic E-state index is 0.927. The molecule has 1 heterocycles. The maximum Gasteiger partial charge on any atom is 0.0636 e. The first-order chi connectivity index (χ1) is 5.88. The highest BCUT2D eigenvalue weighted by Crippen LogP contribution is 2.09.